The van der Waals surface area contributed by atoms with Crippen molar-refractivity contribution in [2.75, 3.05) is 0 Å². The SMILES string of the molecule is CCC(N)CCc1cnnn1C. The van der Waals surface area contributed by atoms with Crippen LogP contribution in [0.2, 0.25) is 0 Å². The van der Waals surface area contributed by atoms with Gasteiger partial charge in [-0.05, 0) is 19.3 Å². The van der Waals surface area contributed by atoms with Gasteiger partial charge in [0.15, 0.2) is 0 Å². The monoisotopic (exact) mass is 168 g/mol. The summed E-state index contributed by atoms with van der Waals surface area (Å²) in [6.45, 7) is 2.10. The lowest BCUT2D eigenvalue weighted by Crippen LogP contribution is -2.19. The Hall–Kier alpha value is -0.900. The van der Waals surface area contributed by atoms with Crippen LogP contribution in [-0.4, -0.2) is 21.0 Å². The van der Waals surface area contributed by atoms with Crippen LogP contribution in [0.1, 0.15) is 25.5 Å². The normalized spacial score (nSPS) is 13.2. The number of nitrogens with zero attached hydrogens (tertiary/aromatic N) is 3. The van der Waals surface area contributed by atoms with Crippen LogP contribution in [0.25, 0.3) is 0 Å². The lowest BCUT2D eigenvalue weighted by atomic mass is 10.1. The lowest BCUT2D eigenvalue weighted by molar-refractivity contribution is 0.573. The van der Waals surface area contributed by atoms with Crippen LogP contribution in [0.3, 0.4) is 0 Å². The molecule has 1 rings (SSSR count). The Morgan fingerprint density at radius 2 is 2.42 bits per heavy atom. The first-order valence-electron chi connectivity index (χ1n) is 4.33. The van der Waals surface area contributed by atoms with Crippen LogP contribution < -0.4 is 5.73 Å². The largest absolute Gasteiger partial charge is 0.328 e. The molecule has 4 heteroatoms. The summed E-state index contributed by atoms with van der Waals surface area (Å²) in [6.07, 6.45) is 4.81. The van der Waals surface area contributed by atoms with E-state index >= 15 is 0 Å². The molecule has 0 spiro atoms. The maximum absolute atomic E-state index is 5.79. The molecule has 0 bridgehead atoms. The summed E-state index contributed by atoms with van der Waals surface area (Å²) in [4.78, 5) is 0. The van der Waals surface area contributed by atoms with Crippen molar-refractivity contribution in [3.63, 3.8) is 0 Å². The molecular formula is C8H16N4. The van der Waals surface area contributed by atoms with Crippen LogP contribution in [0, 0.1) is 0 Å². The zero-order valence-electron chi connectivity index (χ0n) is 7.70. The van der Waals surface area contributed by atoms with E-state index in [1.54, 1.807) is 10.9 Å². The number of rotatable bonds is 4. The summed E-state index contributed by atoms with van der Waals surface area (Å²) in [5.41, 5.74) is 6.94. The van der Waals surface area contributed by atoms with Gasteiger partial charge in [0.25, 0.3) is 0 Å². The van der Waals surface area contributed by atoms with Gasteiger partial charge in [0.2, 0.25) is 0 Å². The van der Waals surface area contributed by atoms with Crippen molar-refractivity contribution in [1.82, 2.24) is 15.0 Å². The topological polar surface area (TPSA) is 56.7 Å². The summed E-state index contributed by atoms with van der Waals surface area (Å²) >= 11 is 0. The van der Waals surface area contributed by atoms with Crippen molar-refractivity contribution in [2.24, 2.45) is 12.8 Å². The van der Waals surface area contributed by atoms with Gasteiger partial charge in [-0.2, -0.15) is 0 Å². The molecule has 0 saturated carbocycles. The number of aromatic nitrogens is 3. The Morgan fingerprint density at radius 1 is 1.67 bits per heavy atom. The van der Waals surface area contributed by atoms with Gasteiger partial charge < -0.3 is 5.73 Å². The van der Waals surface area contributed by atoms with E-state index in [0.29, 0.717) is 6.04 Å². The predicted molar refractivity (Wildman–Crippen MR) is 47.6 cm³/mol. The quantitative estimate of drug-likeness (QED) is 0.711. The van der Waals surface area contributed by atoms with E-state index < -0.39 is 0 Å². The highest BCUT2D eigenvalue weighted by Gasteiger charge is 2.03. The number of hydrogen-bond acceptors (Lipinski definition) is 3. The fourth-order valence-electron chi connectivity index (χ4n) is 1.07. The van der Waals surface area contributed by atoms with Gasteiger partial charge in [-0.1, -0.05) is 12.1 Å². The van der Waals surface area contributed by atoms with Crippen molar-refractivity contribution in [3.8, 4) is 0 Å². The first-order chi connectivity index (χ1) is 5.74. The molecule has 1 unspecified atom stereocenters. The fraction of sp³-hybridized carbons (Fsp3) is 0.750. The third kappa shape index (κ3) is 2.30. The Labute approximate surface area is 72.8 Å². The molecule has 68 valence electrons. The molecule has 0 radical (unpaired) electrons. The van der Waals surface area contributed by atoms with Gasteiger partial charge in [-0.3, -0.25) is 4.68 Å². The summed E-state index contributed by atoms with van der Waals surface area (Å²) < 4.78 is 1.79. The van der Waals surface area contributed by atoms with Crippen molar-refractivity contribution in [3.05, 3.63) is 11.9 Å². The third-order valence-corrected chi connectivity index (χ3v) is 2.10. The van der Waals surface area contributed by atoms with Crippen LogP contribution in [-0.2, 0) is 13.5 Å². The van der Waals surface area contributed by atoms with E-state index in [-0.39, 0.29) is 0 Å². The molecule has 0 aliphatic heterocycles. The van der Waals surface area contributed by atoms with E-state index in [1.165, 1.54) is 0 Å². The van der Waals surface area contributed by atoms with Crippen molar-refractivity contribution in [2.45, 2.75) is 32.2 Å². The highest BCUT2D eigenvalue weighted by atomic mass is 15.4. The molecule has 1 aromatic heterocycles. The molecular weight excluding hydrogens is 152 g/mol. The van der Waals surface area contributed by atoms with Gasteiger partial charge in [0.1, 0.15) is 0 Å². The predicted octanol–water partition coefficient (Wildman–Crippen LogP) is 0.485. The van der Waals surface area contributed by atoms with Gasteiger partial charge in [-0.15, -0.1) is 5.10 Å². The smallest absolute Gasteiger partial charge is 0.0724 e. The standard InChI is InChI=1S/C8H16N4/c1-3-7(9)4-5-8-6-10-11-12(8)2/h6-7H,3-5,9H2,1-2H3. The average Bonchev–Trinajstić information content (AvgIpc) is 2.47. The Bertz CT molecular complexity index is 231. The van der Waals surface area contributed by atoms with E-state index in [9.17, 15) is 0 Å². The lowest BCUT2D eigenvalue weighted by Gasteiger charge is -2.07. The molecule has 0 fully saturated rings. The van der Waals surface area contributed by atoms with Gasteiger partial charge in [0.05, 0.1) is 11.9 Å². The average molecular weight is 168 g/mol. The highest BCUT2D eigenvalue weighted by molar-refractivity contribution is 4.93. The molecule has 4 nitrogen and oxygen atoms in total. The second kappa shape index (κ2) is 4.21. The number of hydrogen-bond donors (Lipinski definition) is 1. The maximum Gasteiger partial charge on any atom is 0.0724 e. The molecule has 1 heterocycles. The van der Waals surface area contributed by atoms with Crippen LogP contribution in [0.15, 0.2) is 6.20 Å². The number of nitrogens with two attached hydrogens (primary N) is 1. The molecule has 0 amide bonds. The summed E-state index contributed by atoms with van der Waals surface area (Å²) in [5.74, 6) is 0. The van der Waals surface area contributed by atoms with E-state index in [4.69, 9.17) is 5.73 Å². The minimum absolute atomic E-state index is 0.305. The Kier molecular flexibility index (Phi) is 3.22. The first kappa shape index (κ1) is 9.19. The fourth-order valence-corrected chi connectivity index (χ4v) is 1.07. The molecule has 12 heavy (non-hydrogen) atoms. The Balaban J connectivity index is 2.38. The Morgan fingerprint density at radius 3 is 2.92 bits per heavy atom. The van der Waals surface area contributed by atoms with Gasteiger partial charge in [0, 0.05) is 13.1 Å². The molecule has 0 aliphatic carbocycles. The summed E-state index contributed by atoms with van der Waals surface area (Å²) in [7, 11) is 1.90. The maximum atomic E-state index is 5.79. The summed E-state index contributed by atoms with van der Waals surface area (Å²) in [5, 5.41) is 7.64. The summed E-state index contributed by atoms with van der Waals surface area (Å²) in [6, 6.07) is 0.305. The minimum atomic E-state index is 0.305. The zero-order valence-corrected chi connectivity index (χ0v) is 7.70. The number of aryl methyl sites for hydroxylation is 2. The van der Waals surface area contributed by atoms with Crippen LogP contribution in [0.4, 0.5) is 0 Å². The van der Waals surface area contributed by atoms with Crippen molar-refractivity contribution in [1.29, 1.82) is 0 Å². The van der Waals surface area contributed by atoms with E-state index in [2.05, 4.69) is 17.2 Å². The van der Waals surface area contributed by atoms with Gasteiger partial charge >= 0.3 is 0 Å². The van der Waals surface area contributed by atoms with E-state index in [0.717, 1.165) is 25.0 Å². The third-order valence-electron chi connectivity index (χ3n) is 2.10. The highest BCUT2D eigenvalue weighted by Crippen LogP contribution is 2.02. The molecule has 0 aromatic carbocycles. The van der Waals surface area contributed by atoms with E-state index in [1.807, 2.05) is 7.05 Å². The van der Waals surface area contributed by atoms with Crippen LogP contribution >= 0.6 is 0 Å². The first-order valence-corrected chi connectivity index (χ1v) is 4.33. The zero-order chi connectivity index (χ0) is 8.97. The van der Waals surface area contributed by atoms with Crippen molar-refractivity contribution < 1.29 is 0 Å². The van der Waals surface area contributed by atoms with Crippen molar-refractivity contribution >= 4 is 0 Å². The minimum Gasteiger partial charge on any atom is -0.328 e. The second-order valence-electron chi connectivity index (χ2n) is 3.06. The second-order valence-corrected chi connectivity index (χ2v) is 3.06. The molecule has 2 N–H and O–H groups in total. The molecule has 0 aliphatic rings. The molecule has 1 aromatic rings. The van der Waals surface area contributed by atoms with Crippen LogP contribution in [0.5, 0.6) is 0 Å². The van der Waals surface area contributed by atoms with Gasteiger partial charge in [-0.25, -0.2) is 0 Å². The molecule has 1 atom stereocenters. The molecule has 0 saturated heterocycles.